The van der Waals surface area contributed by atoms with Crippen molar-refractivity contribution >= 4 is 23.0 Å². The minimum absolute atomic E-state index is 0.0250. The molecule has 96 valence electrons. The second-order valence-electron chi connectivity index (χ2n) is 3.87. The first kappa shape index (κ1) is 12.3. The Bertz CT molecular complexity index is 610. The highest BCUT2D eigenvalue weighted by Crippen LogP contribution is 2.21. The third-order valence-corrected chi connectivity index (χ3v) is 2.59. The molecule has 5 nitrogen and oxygen atoms in total. The van der Waals surface area contributed by atoms with E-state index < -0.39 is 17.6 Å². The molecule has 0 aliphatic heterocycles. The van der Waals surface area contributed by atoms with Crippen LogP contribution in [0.1, 0.15) is 12.8 Å². The summed E-state index contributed by atoms with van der Waals surface area (Å²) in [6.07, 6.45) is 0.312. The van der Waals surface area contributed by atoms with E-state index in [1.165, 1.54) is 4.57 Å². The number of fused-ring (bicyclic) bond motifs is 1. The maximum atomic E-state index is 13.1. The Hall–Kier alpha value is -2.18. The number of hydrogen-bond acceptors (Lipinski definition) is 3. The van der Waals surface area contributed by atoms with Crippen LogP contribution in [0, 0.1) is 11.6 Å². The summed E-state index contributed by atoms with van der Waals surface area (Å²) in [4.78, 5) is 14.3. The minimum Gasteiger partial charge on any atom is -0.481 e. The lowest BCUT2D eigenvalue weighted by Gasteiger charge is -2.05. The molecule has 0 radical (unpaired) electrons. The van der Waals surface area contributed by atoms with Crippen LogP contribution in [0.5, 0.6) is 0 Å². The van der Waals surface area contributed by atoms with Gasteiger partial charge < -0.3 is 15.4 Å². The Morgan fingerprint density at radius 2 is 2.06 bits per heavy atom. The number of nitrogen functional groups attached to an aromatic ring is 1. The van der Waals surface area contributed by atoms with Gasteiger partial charge in [-0.25, -0.2) is 13.8 Å². The van der Waals surface area contributed by atoms with Crippen molar-refractivity contribution in [3.8, 4) is 0 Å². The fourth-order valence-electron chi connectivity index (χ4n) is 1.76. The molecule has 0 atom stereocenters. The molecule has 0 aliphatic rings. The van der Waals surface area contributed by atoms with E-state index in [9.17, 15) is 13.6 Å². The van der Waals surface area contributed by atoms with E-state index in [2.05, 4.69) is 4.98 Å². The summed E-state index contributed by atoms with van der Waals surface area (Å²) in [5, 5.41) is 8.54. The van der Waals surface area contributed by atoms with Crippen LogP contribution in [0.25, 0.3) is 11.0 Å². The lowest BCUT2D eigenvalue weighted by Crippen LogP contribution is -2.05. The van der Waals surface area contributed by atoms with Gasteiger partial charge in [0.25, 0.3) is 0 Å². The van der Waals surface area contributed by atoms with E-state index >= 15 is 0 Å². The summed E-state index contributed by atoms with van der Waals surface area (Å²) >= 11 is 0. The number of carbonyl (C=O) groups is 1. The number of nitrogens with two attached hydrogens (primary N) is 1. The van der Waals surface area contributed by atoms with Crippen molar-refractivity contribution in [3.05, 3.63) is 23.8 Å². The van der Waals surface area contributed by atoms with Crippen LogP contribution in [0.2, 0.25) is 0 Å². The van der Waals surface area contributed by atoms with Crippen LogP contribution >= 0.6 is 0 Å². The minimum atomic E-state index is -0.988. The number of aliphatic carboxylic acids is 1. The molecule has 1 aromatic heterocycles. The van der Waals surface area contributed by atoms with Gasteiger partial charge in [-0.1, -0.05) is 0 Å². The summed E-state index contributed by atoms with van der Waals surface area (Å²) in [5.74, 6) is -2.78. The summed E-state index contributed by atoms with van der Waals surface area (Å²) in [6.45, 7) is 0.291. The molecule has 7 heteroatoms. The summed E-state index contributed by atoms with van der Waals surface area (Å²) in [6, 6.07) is 1.98. The third-order valence-electron chi connectivity index (χ3n) is 2.59. The monoisotopic (exact) mass is 255 g/mol. The van der Waals surface area contributed by atoms with E-state index in [-0.39, 0.29) is 17.9 Å². The van der Waals surface area contributed by atoms with Crippen LogP contribution in [-0.2, 0) is 11.3 Å². The van der Waals surface area contributed by atoms with Crippen molar-refractivity contribution in [1.82, 2.24) is 9.55 Å². The predicted octanol–water partition coefficient (Wildman–Crippen LogP) is 1.76. The maximum Gasteiger partial charge on any atom is 0.303 e. The molecule has 0 aliphatic carbocycles. The molecule has 0 bridgehead atoms. The van der Waals surface area contributed by atoms with E-state index in [1.807, 2.05) is 0 Å². The molecule has 1 aromatic carbocycles. The molecule has 0 fully saturated rings. The highest BCUT2D eigenvalue weighted by Gasteiger charge is 2.12. The fraction of sp³-hybridized carbons (Fsp3) is 0.273. The van der Waals surface area contributed by atoms with Gasteiger partial charge in [0.05, 0.1) is 11.0 Å². The average Bonchev–Trinajstić information content (AvgIpc) is 2.56. The van der Waals surface area contributed by atoms with E-state index in [4.69, 9.17) is 10.8 Å². The zero-order chi connectivity index (χ0) is 13.3. The van der Waals surface area contributed by atoms with Crippen LogP contribution in [0.4, 0.5) is 14.7 Å². The lowest BCUT2D eigenvalue weighted by atomic mass is 10.2. The molecular weight excluding hydrogens is 244 g/mol. The molecule has 18 heavy (non-hydrogen) atoms. The van der Waals surface area contributed by atoms with E-state index in [1.54, 1.807) is 0 Å². The molecule has 2 rings (SSSR count). The number of rotatable bonds is 4. The van der Waals surface area contributed by atoms with Crippen LogP contribution < -0.4 is 5.73 Å². The van der Waals surface area contributed by atoms with Crippen molar-refractivity contribution in [1.29, 1.82) is 0 Å². The van der Waals surface area contributed by atoms with Crippen molar-refractivity contribution < 1.29 is 18.7 Å². The number of halogens is 2. The van der Waals surface area contributed by atoms with Gasteiger partial charge in [-0.05, 0) is 6.42 Å². The number of hydrogen-bond donors (Lipinski definition) is 2. The molecule has 1 heterocycles. The summed E-state index contributed by atoms with van der Waals surface area (Å²) in [5.41, 5.74) is 6.24. The van der Waals surface area contributed by atoms with Crippen molar-refractivity contribution in [3.63, 3.8) is 0 Å². The Morgan fingerprint density at radius 3 is 2.72 bits per heavy atom. The fourth-order valence-corrected chi connectivity index (χ4v) is 1.76. The Kier molecular flexibility index (Phi) is 3.14. The van der Waals surface area contributed by atoms with E-state index in [0.717, 1.165) is 12.1 Å². The first-order valence-electron chi connectivity index (χ1n) is 5.31. The number of aryl methyl sites for hydroxylation is 1. The number of aromatic nitrogens is 2. The Morgan fingerprint density at radius 1 is 1.39 bits per heavy atom. The second-order valence-corrected chi connectivity index (χ2v) is 3.87. The number of benzene rings is 1. The lowest BCUT2D eigenvalue weighted by molar-refractivity contribution is -0.137. The van der Waals surface area contributed by atoms with Gasteiger partial charge in [0.1, 0.15) is 0 Å². The quantitative estimate of drug-likeness (QED) is 0.872. The smallest absolute Gasteiger partial charge is 0.303 e. The average molecular weight is 255 g/mol. The van der Waals surface area contributed by atoms with Gasteiger partial charge in [0, 0.05) is 25.1 Å². The molecule has 3 N–H and O–H groups in total. The maximum absolute atomic E-state index is 13.1. The Labute approximate surface area is 101 Å². The highest BCUT2D eigenvalue weighted by molar-refractivity contribution is 5.78. The number of nitrogens with zero attached hydrogens (tertiary/aromatic N) is 2. The van der Waals surface area contributed by atoms with Gasteiger partial charge in [-0.15, -0.1) is 0 Å². The zero-order valence-corrected chi connectivity index (χ0v) is 9.36. The highest BCUT2D eigenvalue weighted by atomic mass is 19.2. The summed E-state index contributed by atoms with van der Waals surface area (Å²) in [7, 11) is 0. The Balaban J connectivity index is 2.34. The second kappa shape index (κ2) is 4.59. The first-order valence-corrected chi connectivity index (χ1v) is 5.31. The van der Waals surface area contributed by atoms with Crippen molar-refractivity contribution in [2.75, 3.05) is 5.73 Å². The molecular formula is C11H11F2N3O2. The van der Waals surface area contributed by atoms with Crippen molar-refractivity contribution in [2.24, 2.45) is 0 Å². The summed E-state index contributed by atoms with van der Waals surface area (Å²) < 4.78 is 27.6. The molecule has 0 saturated carbocycles. The molecule has 2 aromatic rings. The van der Waals surface area contributed by atoms with Gasteiger partial charge in [-0.2, -0.15) is 0 Å². The SMILES string of the molecule is Nc1nc2cc(F)c(F)cc2n1CCCC(=O)O. The van der Waals surface area contributed by atoms with Gasteiger partial charge >= 0.3 is 5.97 Å². The standard InChI is InChI=1S/C11H11F2N3O2/c12-6-4-8-9(5-7(6)13)16(11(14)15-8)3-1-2-10(17)18/h4-5H,1-3H2,(H2,14,15)(H,17,18). The van der Waals surface area contributed by atoms with Crippen LogP contribution in [0.15, 0.2) is 12.1 Å². The van der Waals surface area contributed by atoms with E-state index in [0.29, 0.717) is 18.5 Å². The normalized spacial score (nSPS) is 11.0. The molecule has 0 amide bonds. The van der Waals surface area contributed by atoms with Gasteiger partial charge in [0.2, 0.25) is 5.95 Å². The molecule has 0 unspecified atom stereocenters. The third kappa shape index (κ3) is 2.24. The van der Waals surface area contributed by atoms with Crippen LogP contribution in [-0.4, -0.2) is 20.6 Å². The number of carboxylic acid groups (broad SMARTS) is 1. The molecule has 0 saturated heterocycles. The largest absolute Gasteiger partial charge is 0.481 e. The topological polar surface area (TPSA) is 81.1 Å². The number of carboxylic acids is 1. The van der Waals surface area contributed by atoms with Gasteiger partial charge in [0.15, 0.2) is 11.6 Å². The van der Waals surface area contributed by atoms with Crippen molar-refractivity contribution in [2.45, 2.75) is 19.4 Å². The first-order chi connectivity index (χ1) is 8.49. The molecule has 0 spiro atoms. The number of imidazole rings is 1. The van der Waals surface area contributed by atoms with Crippen LogP contribution in [0.3, 0.4) is 0 Å². The predicted molar refractivity (Wildman–Crippen MR) is 60.9 cm³/mol. The zero-order valence-electron chi connectivity index (χ0n) is 9.36. The number of anilines is 1. The van der Waals surface area contributed by atoms with Gasteiger partial charge in [-0.3, -0.25) is 4.79 Å².